The maximum atomic E-state index is 13.6. The minimum absolute atomic E-state index is 0.106. The zero-order chi connectivity index (χ0) is 20.2. The lowest BCUT2D eigenvalue weighted by molar-refractivity contribution is -0.162. The summed E-state index contributed by atoms with van der Waals surface area (Å²) in [6, 6.07) is 9.63. The molecule has 6 heteroatoms. The summed E-state index contributed by atoms with van der Waals surface area (Å²) in [6.45, 7) is 3.58. The second-order valence-electron chi connectivity index (χ2n) is 7.62. The number of carboxylic acid groups (broad SMARTS) is 1. The Balaban J connectivity index is 2.26. The fourth-order valence-electron chi connectivity index (χ4n) is 3.45. The molecule has 0 saturated heterocycles. The average molecular weight is 378 g/mol. The Bertz CT molecular complexity index is 820. The van der Waals surface area contributed by atoms with Crippen molar-refractivity contribution in [2.24, 2.45) is 5.41 Å². The van der Waals surface area contributed by atoms with Crippen LogP contribution in [-0.4, -0.2) is 28.9 Å². The van der Waals surface area contributed by atoms with Crippen LogP contribution < -0.4 is 4.74 Å². The van der Waals surface area contributed by atoms with Crippen molar-refractivity contribution in [2.45, 2.75) is 38.7 Å². The predicted octanol–water partition coefficient (Wildman–Crippen LogP) is 3.99. The Hall–Kier alpha value is -2.47. The van der Waals surface area contributed by atoms with Gasteiger partial charge in [0.1, 0.15) is 17.4 Å². The molecule has 1 atom stereocenters. The van der Waals surface area contributed by atoms with E-state index in [0.717, 1.165) is 0 Å². The molecule has 0 spiro atoms. The molecule has 0 aromatic heterocycles. The summed E-state index contributed by atoms with van der Waals surface area (Å²) in [7, 11) is 1.47. The number of aliphatic hydroxyl groups is 1. The van der Waals surface area contributed by atoms with Gasteiger partial charge in [-0.15, -0.1) is 0 Å². The summed E-state index contributed by atoms with van der Waals surface area (Å²) in [5.41, 5.74) is -1.81. The summed E-state index contributed by atoms with van der Waals surface area (Å²) in [4.78, 5) is 11.8. The van der Waals surface area contributed by atoms with Gasteiger partial charge in [-0.25, -0.2) is 13.6 Å². The summed E-state index contributed by atoms with van der Waals surface area (Å²) < 4.78 is 32.3. The third-order valence-electron chi connectivity index (χ3n) is 4.47. The van der Waals surface area contributed by atoms with E-state index in [-0.39, 0.29) is 12.8 Å². The largest absolute Gasteiger partial charge is 0.496 e. The number of benzene rings is 2. The van der Waals surface area contributed by atoms with Crippen LogP contribution >= 0.6 is 0 Å². The van der Waals surface area contributed by atoms with Gasteiger partial charge in [0, 0.05) is 6.42 Å². The number of hydrogen-bond donors (Lipinski definition) is 2. The van der Waals surface area contributed by atoms with Gasteiger partial charge in [-0.05, 0) is 59.7 Å². The molecule has 2 N–H and O–H groups in total. The molecule has 146 valence electrons. The molecule has 2 rings (SSSR count). The van der Waals surface area contributed by atoms with Crippen LogP contribution in [0.15, 0.2) is 42.5 Å². The fourth-order valence-corrected chi connectivity index (χ4v) is 3.45. The molecular formula is C21H24F2O4. The van der Waals surface area contributed by atoms with Crippen molar-refractivity contribution in [3.8, 4) is 5.75 Å². The van der Waals surface area contributed by atoms with E-state index in [1.54, 1.807) is 19.9 Å². The highest BCUT2D eigenvalue weighted by atomic mass is 19.1. The van der Waals surface area contributed by atoms with Crippen molar-refractivity contribution in [3.05, 3.63) is 65.2 Å². The van der Waals surface area contributed by atoms with Gasteiger partial charge in [0.15, 0.2) is 5.60 Å². The maximum Gasteiger partial charge on any atom is 0.336 e. The zero-order valence-electron chi connectivity index (χ0n) is 15.6. The van der Waals surface area contributed by atoms with Crippen LogP contribution in [0, 0.1) is 17.0 Å². The van der Waals surface area contributed by atoms with Crippen LogP contribution in [0.1, 0.15) is 31.4 Å². The Labute approximate surface area is 157 Å². The first-order chi connectivity index (χ1) is 12.5. The lowest BCUT2D eigenvalue weighted by Gasteiger charge is -2.34. The number of ether oxygens (including phenoxy) is 1. The van der Waals surface area contributed by atoms with Gasteiger partial charge in [0.2, 0.25) is 0 Å². The molecule has 0 bridgehead atoms. The molecule has 0 heterocycles. The molecule has 0 radical (unpaired) electrons. The first-order valence-corrected chi connectivity index (χ1v) is 8.57. The van der Waals surface area contributed by atoms with E-state index in [1.807, 2.05) is 0 Å². The van der Waals surface area contributed by atoms with Gasteiger partial charge in [-0.1, -0.05) is 26.0 Å². The van der Waals surface area contributed by atoms with Crippen LogP contribution in [0.2, 0.25) is 0 Å². The highest BCUT2D eigenvalue weighted by Gasteiger charge is 2.41. The van der Waals surface area contributed by atoms with Crippen molar-refractivity contribution in [3.63, 3.8) is 0 Å². The topological polar surface area (TPSA) is 66.8 Å². The van der Waals surface area contributed by atoms with Crippen LogP contribution in [0.3, 0.4) is 0 Å². The third-order valence-corrected chi connectivity index (χ3v) is 4.47. The first-order valence-electron chi connectivity index (χ1n) is 8.57. The highest BCUT2D eigenvalue weighted by molar-refractivity contribution is 5.77. The van der Waals surface area contributed by atoms with Crippen molar-refractivity contribution >= 4 is 5.97 Å². The SMILES string of the molecule is COc1ccc(F)cc1CC(C)(C)CC(O)(Cc1cccc(F)c1)C(=O)O. The number of halogens is 2. The quantitative estimate of drug-likeness (QED) is 0.729. The molecule has 1 unspecified atom stereocenters. The van der Waals surface area contributed by atoms with Crippen molar-refractivity contribution in [2.75, 3.05) is 7.11 Å². The van der Waals surface area contributed by atoms with E-state index in [0.29, 0.717) is 23.3 Å². The molecule has 0 aliphatic carbocycles. The lowest BCUT2D eigenvalue weighted by atomic mass is 9.74. The number of carboxylic acids is 1. The fraction of sp³-hybridized carbons (Fsp3) is 0.381. The summed E-state index contributed by atoms with van der Waals surface area (Å²) >= 11 is 0. The number of hydrogen-bond acceptors (Lipinski definition) is 3. The van der Waals surface area contributed by atoms with Gasteiger partial charge in [0.05, 0.1) is 7.11 Å². The van der Waals surface area contributed by atoms with Crippen LogP contribution in [0.5, 0.6) is 5.75 Å². The Morgan fingerprint density at radius 3 is 2.33 bits per heavy atom. The van der Waals surface area contributed by atoms with Crippen LogP contribution in [0.4, 0.5) is 8.78 Å². The standard InChI is InChI=1S/C21H24F2O4/c1-20(2,12-15-10-17(23)7-8-18(15)27-3)13-21(26,19(24)25)11-14-5-4-6-16(22)9-14/h4-10,26H,11-13H2,1-3H3,(H,24,25). The Morgan fingerprint density at radius 1 is 1.07 bits per heavy atom. The molecule has 0 aliphatic heterocycles. The lowest BCUT2D eigenvalue weighted by Crippen LogP contribution is -2.45. The van der Waals surface area contributed by atoms with Crippen molar-refractivity contribution in [1.29, 1.82) is 0 Å². The minimum Gasteiger partial charge on any atom is -0.496 e. The smallest absolute Gasteiger partial charge is 0.336 e. The Kier molecular flexibility index (Phi) is 6.21. The summed E-state index contributed by atoms with van der Waals surface area (Å²) in [5, 5.41) is 20.4. The second kappa shape index (κ2) is 8.05. The number of rotatable bonds is 8. The predicted molar refractivity (Wildman–Crippen MR) is 97.7 cm³/mol. The van der Waals surface area contributed by atoms with Crippen molar-refractivity contribution in [1.82, 2.24) is 0 Å². The molecule has 27 heavy (non-hydrogen) atoms. The van der Waals surface area contributed by atoms with E-state index >= 15 is 0 Å². The molecule has 0 fully saturated rings. The molecule has 4 nitrogen and oxygen atoms in total. The monoisotopic (exact) mass is 378 g/mol. The Morgan fingerprint density at radius 2 is 1.74 bits per heavy atom. The summed E-state index contributed by atoms with van der Waals surface area (Å²) in [5.74, 6) is -1.81. The first kappa shape index (κ1) is 20.8. The van der Waals surface area contributed by atoms with Crippen LogP contribution in [0.25, 0.3) is 0 Å². The number of aliphatic carboxylic acids is 1. The van der Waals surface area contributed by atoms with E-state index in [2.05, 4.69) is 0 Å². The molecular weight excluding hydrogens is 354 g/mol. The van der Waals surface area contributed by atoms with Crippen molar-refractivity contribution < 1.29 is 28.5 Å². The molecule has 0 saturated carbocycles. The van der Waals surface area contributed by atoms with E-state index in [1.165, 1.54) is 43.5 Å². The molecule has 2 aromatic carbocycles. The van der Waals surface area contributed by atoms with E-state index in [4.69, 9.17) is 4.74 Å². The molecule has 0 aliphatic rings. The molecule has 0 amide bonds. The van der Waals surface area contributed by atoms with Gasteiger partial charge in [0.25, 0.3) is 0 Å². The number of methoxy groups -OCH3 is 1. The summed E-state index contributed by atoms with van der Waals surface area (Å²) in [6.07, 6.45) is -0.0397. The van der Waals surface area contributed by atoms with Crippen LogP contribution in [-0.2, 0) is 17.6 Å². The maximum absolute atomic E-state index is 13.6. The zero-order valence-corrected chi connectivity index (χ0v) is 15.6. The minimum atomic E-state index is -2.09. The highest BCUT2D eigenvalue weighted by Crippen LogP contribution is 2.36. The average Bonchev–Trinajstić information content (AvgIpc) is 2.53. The molecule has 2 aromatic rings. The van der Waals surface area contributed by atoms with E-state index < -0.39 is 28.6 Å². The van der Waals surface area contributed by atoms with Gasteiger partial charge in [-0.2, -0.15) is 0 Å². The normalized spacial score (nSPS) is 13.9. The van der Waals surface area contributed by atoms with Gasteiger partial charge >= 0.3 is 5.97 Å². The van der Waals surface area contributed by atoms with E-state index in [9.17, 15) is 23.8 Å². The van der Waals surface area contributed by atoms with Gasteiger partial charge < -0.3 is 14.9 Å². The van der Waals surface area contributed by atoms with Gasteiger partial charge in [-0.3, -0.25) is 0 Å². The second-order valence-corrected chi connectivity index (χ2v) is 7.62. The third kappa shape index (κ3) is 5.50. The number of carbonyl (C=O) groups is 1.